The lowest BCUT2D eigenvalue weighted by molar-refractivity contribution is 0.147. The summed E-state index contributed by atoms with van der Waals surface area (Å²) in [5.74, 6) is 0.418. The van der Waals surface area contributed by atoms with E-state index in [2.05, 4.69) is 10.1 Å². The number of rotatable bonds is 4. The van der Waals surface area contributed by atoms with E-state index in [1.165, 1.54) is 0 Å². The van der Waals surface area contributed by atoms with Crippen LogP contribution in [-0.4, -0.2) is 25.1 Å². The zero-order valence-electron chi connectivity index (χ0n) is 6.43. The highest BCUT2D eigenvalue weighted by atomic mass is 35.5. The first-order valence-electron chi connectivity index (χ1n) is 3.27. The lowest BCUT2D eigenvalue weighted by Gasteiger charge is -2.02. The van der Waals surface area contributed by atoms with Gasteiger partial charge in [-0.25, -0.2) is 4.79 Å². The molecule has 3 nitrogen and oxygen atoms in total. The Bertz CT molecular complexity index is 90.6. The van der Waals surface area contributed by atoms with Crippen LogP contribution in [0.1, 0.15) is 13.3 Å². The van der Waals surface area contributed by atoms with Crippen LogP contribution in [0.4, 0.5) is 4.79 Å². The summed E-state index contributed by atoms with van der Waals surface area (Å²) in [6.07, 6.45) is 0.455. The van der Waals surface area contributed by atoms with E-state index in [1.54, 1.807) is 0 Å². The number of halogens is 2. The summed E-state index contributed by atoms with van der Waals surface area (Å²) >= 11 is 5.31. The molecule has 0 aliphatic rings. The van der Waals surface area contributed by atoms with Crippen LogP contribution < -0.4 is 5.32 Å². The SMILES string of the molecule is CCCOC(=O)NCCCl.Cl. The molecular formula is C6H13Cl2NO2. The first kappa shape index (κ1) is 13.4. The second kappa shape index (κ2) is 9.85. The maximum atomic E-state index is 10.6. The number of nitrogens with one attached hydrogen (secondary N) is 1. The predicted molar refractivity (Wildman–Crippen MR) is 47.6 cm³/mol. The molecule has 5 heteroatoms. The van der Waals surface area contributed by atoms with Gasteiger partial charge < -0.3 is 10.1 Å². The number of amides is 1. The van der Waals surface area contributed by atoms with E-state index in [0.29, 0.717) is 19.0 Å². The summed E-state index contributed by atoms with van der Waals surface area (Å²) in [6.45, 7) is 2.87. The average Bonchev–Trinajstić information content (AvgIpc) is 1.97. The van der Waals surface area contributed by atoms with Crippen molar-refractivity contribution < 1.29 is 9.53 Å². The van der Waals surface area contributed by atoms with Crippen molar-refractivity contribution in [2.24, 2.45) is 0 Å². The smallest absolute Gasteiger partial charge is 0.407 e. The van der Waals surface area contributed by atoms with Gasteiger partial charge in [-0.1, -0.05) is 6.92 Å². The summed E-state index contributed by atoms with van der Waals surface area (Å²) in [4.78, 5) is 10.6. The molecule has 0 radical (unpaired) electrons. The maximum absolute atomic E-state index is 10.6. The maximum Gasteiger partial charge on any atom is 0.407 e. The van der Waals surface area contributed by atoms with Crippen molar-refractivity contribution >= 4 is 30.1 Å². The second-order valence-corrected chi connectivity index (χ2v) is 2.13. The monoisotopic (exact) mass is 201 g/mol. The van der Waals surface area contributed by atoms with Gasteiger partial charge in [0.25, 0.3) is 0 Å². The topological polar surface area (TPSA) is 38.3 Å². The molecule has 11 heavy (non-hydrogen) atoms. The molecule has 0 aromatic rings. The molecule has 0 spiro atoms. The first-order valence-corrected chi connectivity index (χ1v) is 3.81. The third-order valence-corrected chi connectivity index (χ3v) is 0.990. The number of carbonyl (C=O) groups excluding carboxylic acids is 1. The summed E-state index contributed by atoms with van der Waals surface area (Å²) in [7, 11) is 0. The molecule has 0 bridgehead atoms. The molecule has 0 heterocycles. The zero-order valence-corrected chi connectivity index (χ0v) is 8.00. The van der Waals surface area contributed by atoms with Crippen LogP contribution in [0.5, 0.6) is 0 Å². The van der Waals surface area contributed by atoms with Crippen LogP contribution in [0.3, 0.4) is 0 Å². The fraction of sp³-hybridized carbons (Fsp3) is 0.833. The van der Waals surface area contributed by atoms with Crippen molar-refractivity contribution in [3.8, 4) is 0 Å². The van der Waals surface area contributed by atoms with Crippen LogP contribution in [-0.2, 0) is 4.74 Å². The van der Waals surface area contributed by atoms with Crippen LogP contribution in [0.15, 0.2) is 0 Å². The van der Waals surface area contributed by atoms with E-state index in [4.69, 9.17) is 11.6 Å². The van der Waals surface area contributed by atoms with Crippen molar-refractivity contribution in [2.75, 3.05) is 19.0 Å². The highest BCUT2D eigenvalue weighted by Crippen LogP contribution is 1.81. The van der Waals surface area contributed by atoms with Crippen molar-refractivity contribution in [1.29, 1.82) is 0 Å². The molecule has 0 saturated heterocycles. The number of hydrogen-bond donors (Lipinski definition) is 1. The van der Waals surface area contributed by atoms with Gasteiger partial charge in [0.15, 0.2) is 0 Å². The van der Waals surface area contributed by atoms with Gasteiger partial charge in [-0.3, -0.25) is 0 Å². The average molecular weight is 202 g/mol. The normalized spacial score (nSPS) is 8.18. The van der Waals surface area contributed by atoms with Gasteiger partial charge in [-0.15, -0.1) is 24.0 Å². The highest BCUT2D eigenvalue weighted by Gasteiger charge is 1.96. The van der Waals surface area contributed by atoms with E-state index in [9.17, 15) is 4.79 Å². The van der Waals surface area contributed by atoms with Crippen LogP contribution >= 0.6 is 24.0 Å². The van der Waals surface area contributed by atoms with Gasteiger partial charge >= 0.3 is 6.09 Å². The zero-order chi connectivity index (χ0) is 7.82. The predicted octanol–water partition coefficient (Wildman–Crippen LogP) is 1.78. The number of alkyl carbamates (subject to hydrolysis) is 1. The quantitative estimate of drug-likeness (QED) is 0.705. The Balaban J connectivity index is 0. The lowest BCUT2D eigenvalue weighted by Crippen LogP contribution is -2.26. The highest BCUT2D eigenvalue weighted by molar-refractivity contribution is 6.18. The third kappa shape index (κ3) is 9.85. The van der Waals surface area contributed by atoms with Crippen molar-refractivity contribution in [3.63, 3.8) is 0 Å². The molecular weight excluding hydrogens is 189 g/mol. The molecule has 0 atom stereocenters. The molecule has 0 unspecified atom stereocenters. The largest absolute Gasteiger partial charge is 0.450 e. The lowest BCUT2D eigenvalue weighted by atomic mass is 10.5. The van der Waals surface area contributed by atoms with Crippen molar-refractivity contribution in [3.05, 3.63) is 0 Å². The van der Waals surface area contributed by atoms with E-state index < -0.39 is 0 Å². The van der Waals surface area contributed by atoms with Gasteiger partial charge in [-0.05, 0) is 6.42 Å². The molecule has 0 aromatic heterocycles. The summed E-state index contributed by atoms with van der Waals surface area (Å²) < 4.78 is 4.68. The molecule has 0 aromatic carbocycles. The number of ether oxygens (including phenoxy) is 1. The van der Waals surface area contributed by atoms with Gasteiger partial charge in [0.1, 0.15) is 0 Å². The fourth-order valence-electron chi connectivity index (χ4n) is 0.395. The Hall–Kier alpha value is -0.150. The number of carbonyl (C=O) groups is 1. The second-order valence-electron chi connectivity index (χ2n) is 1.75. The Morgan fingerprint density at radius 1 is 1.64 bits per heavy atom. The first-order chi connectivity index (χ1) is 4.81. The van der Waals surface area contributed by atoms with Gasteiger partial charge in [0, 0.05) is 12.4 Å². The Kier molecular flexibility index (Phi) is 12.0. The molecule has 0 rings (SSSR count). The summed E-state index contributed by atoms with van der Waals surface area (Å²) in [6, 6.07) is 0. The summed E-state index contributed by atoms with van der Waals surface area (Å²) in [5, 5.41) is 2.47. The van der Waals surface area contributed by atoms with Crippen LogP contribution in [0.2, 0.25) is 0 Å². The minimum absolute atomic E-state index is 0. The minimum atomic E-state index is -0.387. The molecule has 0 aliphatic heterocycles. The van der Waals surface area contributed by atoms with Gasteiger partial charge in [0.2, 0.25) is 0 Å². The van der Waals surface area contributed by atoms with Crippen molar-refractivity contribution in [2.45, 2.75) is 13.3 Å². The third-order valence-electron chi connectivity index (χ3n) is 0.801. The molecule has 68 valence electrons. The summed E-state index contributed by atoms with van der Waals surface area (Å²) in [5.41, 5.74) is 0. The van der Waals surface area contributed by atoms with Gasteiger partial charge in [0.05, 0.1) is 6.61 Å². The molecule has 1 amide bonds. The van der Waals surface area contributed by atoms with E-state index in [-0.39, 0.29) is 18.5 Å². The van der Waals surface area contributed by atoms with Gasteiger partial charge in [-0.2, -0.15) is 0 Å². The van der Waals surface area contributed by atoms with Crippen LogP contribution in [0, 0.1) is 0 Å². The Morgan fingerprint density at radius 3 is 2.73 bits per heavy atom. The fourth-order valence-corrected chi connectivity index (χ4v) is 0.490. The molecule has 0 saturated carbocycles. The molecule has 0 fully saturated rings. The van der Waals surface area contributed by atoms with E-state index in [0.717, 1.165) is 6.42 Å². The number of hydrogen-bond acceptors (Lipinski definition) is 2. The number of alkyl halides is 1. The molecule has 1 N–H and O–H groups in total. The standard InChI is InChI=1S/C6H12ClNO2.ClH/c1-2-5-10-6(9)8-4-3-7;/h2-5H2,1H3,(H,8,9);1H. The van der Waals surface area contributed by atoms with E-state index >= 15 is 0 Å². The Morgan fingerprint density at radius 2 is 2.27 bits per heavy atom. The Labute approximate surface area is 77.8 Å². The van der Waals surface area contributed by atoms with E-state index in [1.807, 2.05) is 6.92 Å². The minimum Gasteiger partial charge on any atom is -0.450 e. The molecule has 0 aliphatic carbocycles. The van der Waals surface area contributed by atoms with Crippen LogP contribution in [0.25, 0.3) is 0 Å². The van der Waals surface area contributed by atoms with Crippen molar-refractivity contribution in [1.82, 2.24) is 5.32 Å².